The number of carbonyl (C=O) groups excluding carboxylic acids is 1. The summed E-state index contributed by atoms with van der Waals surface area (Å²) in [6, 6.07) is 12.0. The molecular formula is C19H15F2N3O2S. The van der Waals surface area contributed by atoms with Crippen LogP contribution in [0.5, 0.6) is 5.75 Å². The van der Waals surface area contributed by atoms with E-state index >= 15 is 0 Å². The molecule has 1 amide bonds. The first-order chi connectivity index (χ1) is 13.0. The lowest BCUT2D eigenvalue weighted by atomic mass is 10.3. The first-order valence-electron chi connectivity index (χ1n) is 7.99. The van der Waals surface area contributed by atoms with E-state index in [1.165, 1.54) is 24.8 Å². The van der Waals surface area contributed by atoms with Gasteiger partial charge in [0.2, 0.25) is 0 Å². The highest BCUT2D eigenvalue weighted by Gasteiger charge is 2.16. The number of rotatable bonds is 6. The molecule has 2 aromatic heterocycles. The molecular weight excluding hydrogens is 372 g/mol. The van der Waals surface area contributed by atoms with E-state index in [-0.39, 0.29) is 5.75 Å². The fourth-order valence-corrected chi connectivity index (χ4v) is 2.88. The molecule has 0 saturated carbocycles. The summed E-state index contributed by atoms with van der Waals surface area (Å²) in [5.74, 6) is -2.38. The first kappa shape index (κ1) is 18.8. The molecule has 0 aliphatic carbocycles. The number of ether oxygens (including phenoxy) is 1. The van der Waals surface area contributed by atoms with Crippen molar-refractivity contribution in [1.29, 1.82) is 0 Å². The van der Waals surface area contributed by atoms with Gasteiger partial charge in [0.25, 0.3) is 5.91 Å². The van der Waals surface area contributed by atoms with E-state index < -0.39 is 23.6 Å². The van der Waals surface area contributed by atoms with Crippen LogP contribution in [-0.4, -0.2) is 22.0 Å². The molecule has 0 aliphatic rings. The van der Waals surface area contributed by atoms with Crippen LogP contribution in [0.15, 0.2) is 71.0 Å². The summed E-state index contributed by atoms with van der Waals surface area (Å²) >= 11 is 1.36. The van der Waals surface area contributed by atoms with Crippen molar-refractivity contribution in [2.24, 2.45) is 0 Å². The van der Waals surface area contributed by atoms with E-state index in [0.717, 1.165) is 17.2 Å². The molecule has 2 heterocycles. The number of nitrogens with one attached hydrogen (secondary N) is 1. The van der Waals surface area contributed by atoms with Gasteiger partial charge in [0.15, 0.2) is 17.7 Å². The Morgan fingerprint density at radius 3 is 2.59 bits per heavy atom. The average molecular weight is 387 g/mol. The molecule has 0 saturated heterocycles. The second-order valence-corrected chi connectivity index (χ2v) is 6.52. The van der Waals surface area contributed by atoms with Gasteiger partial charge in [0.1, 0.15) is 15.8 Å². The molecule has 0 radical (unpaired) electrons. The Morgan fingerprint density at radius 2 is 1.85 bits per heavy atom. The third-order valence-electron chi connectivity index (χ3n) is 3.42. The number of hydrogen-bond donors (Lipinski definition) is 1. The monoisotopic (exact) mass is 387 g/mol. The quantitative estimate of drug-likeness (QED) is 0.683. The van der Waals surface area contributed by atoms with E-state index in [2.05, 4.69) is 15.3 Å². The van der Waals surface area contributed by atoms with Crippen LogP contribution in [0.1, 0.15) is 6.92 Å². The minimum Gasteiger partial charge on any atom is -0.481 e. The van der Waals surface area contributed by atoms with Gasteiger partial charge in [-0.25, -0.2) is 18.7 Å². The van der Waals surface area contributed by atoms with E-state index in [1.54, 1.807) is 24.5 Å². The Morgan fingerprint density at radius 1 is 1.04 bits per heavy atom. The SMILES string of the molecule is CC(Oc1ccc(F)c(F)c1)C(=O)Nc1ccnc(Sc2ccccn2)c1. The molecule has 1 aromatic carbocycles. The van der Waals surface area contributed by atoms with Crippen molar-refractivity contribution >= 4 is 23.4 Å². The number of carbonyl (C=O) groups is 1. The third kappa shape index (κ3) is 5.24. The Bertz CT molecular complexity index is 941. The average Bonchev–Trinajstić information content (AvgIpc) is 2.66. The van der Waals surface area contributed by atoms with Gasteiger partial charge in [0.05, 0.1) is 0 Å². The lowest BCUT2D eigenvalue weighted by Crippen LogP contribution is -2.30. The van der Waals surface area contributed by atoms with Gasteiger partial charge in [-0.05, 0) is 43.3 Å². The van der Waals surface area contributed by atoms with Gasteiger partial charge in [-0.3, -0.25) is 4.79 Å². The fourth-order valence-electron chi connectivity index (χ4n) is 2.11. The summed E-state index contributed by atoms with van der Waals surface area (Å²) in [6.07, 6.45) is 2.35. The summed E-state index contributed by atoms with van der Waals surface area (Å²) in [7, 11) is 0. The van der Waals surface area contributed by atoms with Crippen LogP contribution in [0.3, 0.4) is 0 Å². The van der Waals surface area contributed by atoms with Gasteiger partial charge < -0.3 is 10.1 Å². The lowest BCUT2D eigenvalue weighted by molar-refractivity contribution is -0.122. The standard InChI is InChI=1S/C19H15F2N3O2S/c1-12(26-14-5-6-15(20)16(21)11-14)19(25)24-13-7-9-23-18(10-13)27-17-4-2-3-8-22-17/h2-12H,1H3,(H,23,24,25). The molecule has 3 aromatic rings. The second-order valence-electron chi connectivity index (χ2n) is 5.48. The van der Waals surface area contributed by atoms with Gasteiger partial charge in [-0.1, -0.05) is 17.8 Å². The molecule has 1 atom stereocenters. The van der Waals surface area contributed by atoms with Gasteiger partial charge >= 0.3 is 0 Å². The highest BCUT2D eigenvalue weighted by molar-refractivity contribution is 7.99. The zero-order valence-electron chi connectivity index (χ0n) is 14.2. The summed E-state index contributed by atoms with van der Waals surface area (Å²) in [5, 5.41) is 4.16. The minimum absolute atomic E-state index is 0.0673. The van der Waals surface area contributed by atoms with E-state index in [4.69, 9.17) is 4.74 Å². The topological polar surface area (TPSA) is 64.1 Å². The van der Waals surface area contributed by atoms with Crippen molar-refractivity contribution in [1.82, 2.24) is 9.97 Å². The molecule has 3 rings (SSSR count). The Balaban J connectivity index is 1.63. The van der Waals surface area contributed by atoms with Crippen molar-refractivity contribution in [3.63, 3.8) is 0 Å². The Hall–Kier alpha value is -3.00. The van der Waals surface area contributed by atoms with Crippen molar-refractivity contribution in [2.75, 3.05) is 5.32 Å². The highest BCUT2D eigenvalue weighted by atomic mass is 32.2. The van der Waals surface area contributed by atoms with Crippen LogP contribution in [0.25, 0.3) is 0 Å². The normalized spacial score (nSPS) is 11.7. The predicted molar refractivity (Wildman–Crippen MR) is 97.7 cm³/mol. The largest absolute Gasteiger partial charge is 0.481 e. The first-order valence-corrected chi connectivity index (χ1v) is 8.80. The van der Waals surface area contributed by atoms with Crippen molar-refractivity contribution in [3.05, 3.63) is 72.6 Å². The van der Waals surface area contributed by atoms with Crippen LogP contribution in [-0.2, 0) is 4.79 Å². The lowest BCUT2D eigenvalue weighted by Gasteiger charge is -2.15. The van der Waals surface area contributed by atoms with Crippen molar-refractivity contribution < 1.29 is 18.3 Å². The minimum atomic E-state index is -1.04. The molecule has 0 bridgehead atoms. The molecule has 1 N–H and O–H groups in total. The summed E-state index contributed by atoms with van der Waals surface area (Å²) in [5.41, 5.74) is 0.536. The maximum absolute atomic E-state index is 13.2. The Kier molecular flexibility index (Phi) is 5.97. The van der Waals surface area contributed by atoms with Crippen LogP contribution < -0.4 is 10.1 Å². The number of aromatic nitrogens is 2. The molecule has 0 aliphatic heterocycles. The number of hydrogen-bond acceptors (Lipinski definition) is 5. The number of halogens is 2. The van der Waals surface area contributed by atoms with Crippen molar-refractivity contribution in [2.45, 2.75) is 23.1 Å². The molecule has 1 unspecified atom stereocenters. The molecule has 8 heteroatoms. The number of benzene rings is 1. The number of pyridine rings is 2. The zero-order valence-corrected chi connectivity index (χ0v) is 15.0. The number of amides is 1. The van der Waals surface area contributed by atoms with Gasteiger partial charge in [0, 0.05) is 24.1 Å². The predicted octanol–water partition coefficient (Wildman–Crippen LogP) is 4.31. The van der Waals surface area contributed by atoms with E-state index in [9.17, 15) is 13.6 Å². The van der Waals surface area contributed by atoms with Crippen LogP contribution in [0.4, 0.5) is 14.5 Å². The van der Waals surface area contributed by atoms with Crippen LogP contribution >= 0.6 is 11.8 Å². The van der Waals surface area contributed by atoms with Crippen LogP contribution in [0, 0.1) is 11.6 Å². The van der Waals surface area contributed by atoms with E-state index in [0.29, 0.717) is 10.7 Å². The highest BCUT2D eigenvalue weighted by Crippen LogP contribution is 2.25. The Labute approximate surface area is 158 Å². The third-order valence-corrected chi connectivity index (χ3v) is 4.31. The van der Waals surface area contributed by atoms with Crippen LogP contribution in [0.2, 0.25) is 0 Å². The molecule has 27 heavy (non-hydrogen) atoms. The smallest absolute Gasteiger partial charge is 0.265 e. The molecule has 0 spiro atoms. The summed E-state index contributed by atoms with van der Waals surface area (Å²) < 4.78 is 31.5. The second kappa shape index (κ2) is 8.59. The van der Waals surface area contributed by atoms with Gasteiger partial charge in [-0.2, -0.15) is 0 Å². The summed E-state index contributed by atoms with van der Waals surface area (Å²) in [6.45, 7) is 1.52. The fraction of sp³-hybridized carbons (Fsp3) is 0.105. The number of nitrogens with zero attached hydrogens (tertiary/aromatic N) is 2. The van der Waals surface area contributed by atoms with E-state index in [1.807, 2.05) is 18.2 Å². The zero-order chi connectivity index (χ0) is 19.2. The van der Waals surface area contributed by atoms with Gasteiger partial charge in [-0.15, -0.1) is 0 Å². The molecule has 0 fully saturated rings. The summed E-state index contributed by atoms with van der Waals surface area (Å²) in [4.78, 5) is 20.7. The maximum Gasteiger partial charge on any atom is 0.265 e. The van der Waals surface area contributed by atoms with Crippen molar-refractivity contribution in [3.8, 4) is 5.75 Å². The maximum atomic E-state index is 13.2. The molecule has 5 nitrogen and oxygen atoms in total. The number of anilines is 1. The molecule has 138 valence electrons.